The number of aliphatic imine (C=N–C) groups is 1. The third-order valence-electron chi connectivity index (χ3n) is 3.53. The van der Waals surface area contributed by atoms with E-state index in [1.54, 1.807) is 0 Å². The summed E-state index contributed by atoms with van der Waals surface area (Å²) in [4.78, 5) is 4.24. The molecule has 0 aromatic carbocycles. The van der Waals surface area contributed by atoms with Gasteiger partial charge in [-0.3, -0.25) is 0 Å². The van der Waals surface area contributed by atoms with Crippen molar-refractivity contribution in [3.8, 4) is 0 Å². The highest BCUT2D eigenvalue weighted by Crippen LogP contribution is 2.31. The summed E-state index contributed by atoms with van der Waals surface area (Å²) in [5.74, 6) is 2.98. The van der Waals surface area contributed by atoms with E-state index in [0.29, 0.717) is 11.8 Å². The Morgan fingerprint density at radius 3 is 2.07 bits per heavy atom. The maximum Gasteiger partial charge on any atom is 0.0273 e. The summed E-state index contributed by atoms with van der Waals surface area (Å²) in [5, 5.41) is 0. The lowest BCUT2D eigenvalue weighted by Crippen LogP contribution is -2.26. The Hall–Kier alpha value is -0.330. The van der Waals surface area contributed by atoms with E-state index in [4.69, 9.17) is 0 Å². The summed E-state index contributed by atoms with van der Waals surface area (Å²) >= 11 is 0. The molecule has 0 aromatic heterocycles. The van der Waals surface area contributed by atoms with Gasteiger partial charge in [0, 0.05) is 13.3 Å². The molecule has 0 aliphatic carbocycles. The van der Waals surface area contributed by atoms with Gasteiger partial charge in [-0.15, -0.1) is 0 Å². The van der Waals surface area contributed by atoms with E-state index in [1.807, 2.05) is 7.05 Å². The molecule has 1 nitrogen and oxygen atoms in total. The fourth-order valence-corrected chi connectivity index (χ4v) is 2.67. The quantitative estimate of drug-likeness (QED) is 0.553. The van der Waals surface area contributed by atoms with Gasteiger partial charge < -0.3 is 4.99 Å². The zero-order valence-electron chi connectivity index (χ0n) is 11.5. The molecule has 15 heavy (non-hydrogen) atoms. The molecular formula is C14H29N. The first-order valence-corrected chi connectivity index (χ1v) is 6.50. The normalized spacial score (nSPS) is 18.3. The molecule has 0 N–H and O–H groups in total. The maximum absolute atomic E-state index is 4.24. The smallest absolute Gasteiger partial charge is 0.0273 e. The van der Waals surface area contributed by atoms with E-state index in [0.717, 1.165) is 11.8 Å². The lowest BCUT2D eigenvalue weighted by atomic mass is 9.74. The summed E-state index contributed by atoms with van der Waals surface area (Å²) in [6.07, 6.45) is 6.09. The second-order valence-corrected chi connectivity index (χ2v) is 5.07. The zero-order valence-corrected chi connectivity index (χ0v) is 11.5. The Kier molecular flexibility index (Phi) is 7.72. The van der Waals surface area contributed by atoms with Gasteiger partial charge in [-0.25, -0.2) is 0 Å². The predicted octanol–water partition coefficient (Wildman–Crippen LogP) is 4.42. The fraction of sp³-hybridized carbons (Fsp3) is 0.929. The number of hydrogen-bond acceptors (Lipinski definition) is 1. The Balaban J connectivity index is 4.57. The van der Waals surface area contributed by atoms with Gasteiger partial charge in [-0.05, 0) is 23.7 Å². The Morgan fingerprint density at radius 2 is 1.73 bits per heavy atom. The van der Waals surface area contributed by atoms with Crippen molar-refractivity contribution in [2.24, 2.45) is 28.7 Å². The molecule has 0 amide bonds. The number of nitrogens with zero attached hydrogens (tertiary/aromatic N) is 1. The Bertz CT molecular complexity index is 172. The van der Waals surface area contributed by atoms with Gasteiger partial charge in [0.2, 0.25) is 0 Å². The summed E-state index contributed by atoms with van der Waals surface area (Å²) in [6.45, 7) is 11.6. The van der Waals surface area contributed by atoms with Crippen LogP contribution in [-0.2, 0) is 0 Å². The van der Waals surface area contributed by atoms with Crippen molar-refractivity contribution >= 4 is 6.21 Å². The van der Waals surface area contributed by atoms with E-state index in [-0.39, 0.29) is 0 Å². The number of rotatable bonds is 7. The molecule has 0 aliphatic heterocycles. The van der Waals surface area contributed by atoms with Crippen LogP contribution in [0.25, 0.3) is 0 Å². The van der Waals surface area contributed by atoms with Crippen LogP contribution < -0.4 is 0 Å². The van der Waals surface area contributed by atoms with Crippen molar-refractivity contribution < 1.29 is 0 Å². The summed E-state index contributed by atoms with van der Waals surface area (Å²) in [5.41, 5.74) is 0. The van der Waals surface area contributed by atoms with Crippen LogP contribution in [0.1, 0.15) is 53.9 Å². The Morgan fingerprint density at radius 1 is 1.13 bits per heavy atom. The molecule has 0 fully saturated rings. The predicted molar refractivity (Wildman–Crippen MR) is 70.6 cm³/mol. The van der Waals surface area contributed by atoms with Gasteiger partial charge in [-0.2, -0.15) is 0 Å². The molecule has 3 unspecified atom stereocenters. The topological polar surface area (TPSA) is 12.4 Å². The summed E-state index contributed by atoms with van der Waals surface area (Å²) in [7, 11) is 1.90. The first-order valence-electron chi connectivity index (χ1n) is 6.50. The van der Waals surface area contributed by atoms with Crippen LogP contribution in [0.15, 0.2) is 4.99 Å². The minimum atomic E-state index is 0.654. The SMILES string of the molecule is CCCC(C)C(CC)C(C=NC)C(C)C. The minimum absolute atomic E-state index is 0.654. The molecule has 3 atom stereocenters. The molecule has 0 spiro atoms. The van der Waals surface area contributed by atoms with E-state index >= 15 is 0 Å². The van der Waals surface area contributed by atoms with Crippen LogP contribution in [0.5, 0.6) is 0 Å². The van der Waals surface area contributed by atoms with Crippen LogP contribution >= 0.6 is 0 Å². The molecule has 0 heterocycles. The third kappa shape index (κ3) is 4.81. The van der Waals surface area contributed by atoms with Crippen molar-refractivity contribution in [1.29, 1.82) is 0 Å². The van der Waals surface area contributed by atoms with Crippen LogP contribution in [0.2, 0.25) is 0 Å². The molecule has 0 aromatic rings. The first-order chi connectivity index (χ1) is 7.08. The third-order valence-corrected chi connectivity index (χ3v) is 3.53. The average Bonchev–Trinajstić information content (AvgIpc) is 2.18. The highest BCUT2D eigenvalue weighted by atomic mass is 14.6. The molecule has 0 radical (unpaired) electrons. The van der Waals surface area contributed by atoms with Gasteiger partial charge in [0.05, 0.1) is 0 Å². The lowest BCUT2D eigenvalue weighted by Gasteiger charge is -2.31. The van der Waals surface area contributed by atoms with Crippen molar-refractivity contribution in [1.82, 2.24) is 0 Å². The van der Waals surface area contributed by atoms with Gasteiger partial charge in [-0.1, -0.05) is 53.9 Å². The van der Waals surface area contributed by atoms with Gasteiger partial charge in [0.25, 0.3) is 0 Å². The van der Waals surface area contributed by atoms with Gasteiger partial charge >= 0.3 is 0 Å². The standard InChI is InChI=1S/C14H29N/c1-7-9-12(5)13(8-2)14(10-15-6)11(3)4/h10-14H,7-9H2,1-6H3. The minimum Gasteiger partial charge on any atom is -0.301 e. The van der Waals surface area contributed by atoms with Crippen LogP contribution in [0.3, 0.4) is 0 Å². The average molecular weight is 211 g/mol. The highest BCUT2D eigenvalue weighted by Gasteiger charge is 2.25. The van der Waals surface area contributed by atoms with Gasteiger partial charge in [0.15, 0.2) is 0 Å². The van der Waals surface area contributed by atoms with E-state index in [1.165, 1.54) is 19.3 Å². The molecule has 0 rings (SSSR count). The molecule has 0 bridgehead atoms. The second kappa shape index (κ2) is 7.90. The van der Waals surface area contributed by atoms with Crippen LogP contribution in [-0.4, -0.2) is 13.3 Å². The lowest BCUT2D eigenvalue weighted by molar-refractivity contribution is 0.230. The zero-order chi connectivity index (χ0) is 11.8. The molecule has 0 aliphatic rings. The highest BCUT2D eigenvalue weighted by molar-refractivity contribution is 5.61. The van der Waals surface area contributed by atoms with Crippen molar-refractivity contribution in [2.45, 2.75) is 53.9 Å². The molecule has 90 valence electrons. The number of hydrogen-bond donors (Lipinski definition) is 0. The van der Waals surface area contributed by atoms with Crippen LogP contribution in [0.4, 0.5) is 0 Å². The molecule has 0 saturated carbocycles. The van der Waals surface area contributed by atoms with Crippen molar-refractivity contribution in [3.05, 3.63) is 0 Å². The largest absolute Gasteiger partial charge is 0.301 e. The summed E-state index contributed by atoms with van der Waals surface area (Å²) in [6, 6.07) is 0. The van der Waals surface area contributed by atoms with Gasteiger partial charge in [0.1, 0.15) is 0 Å². The van der Waals surface area contributed by atoms with Crippen LogP contribution in [0, 0.1) is 23.7 Å². The maximum atomic E-state index is 4.24. The van der Waals surface area contributed by atoms with Crippen molar-refractivity contribution in [3.63, 3.8) is 0 Å². The second-order valence-electron chi connectivity index (χ2n) is 5.07. The molecular weight excluding hydrogens is 182 g/mol. The van der Waals surface area contributed by atoms with E-state index in [9.17, 15) is 0 Å². The summed E-state index contributed by atoms with van der Waals surface area (Å²) < 4.78 is 0. The van der Waals surface area contributed by atoms with E-state index < -0.39 is 0 Å². The van der Waals surface area contributed by atoms with E-state index in [2.05, 4.69) is 45.8 Å². The monoisotopic (exact) mass is 211 g/mol. The first kappa shape index (κ1) is 14.7. The fourth-order valence-electron chi connectivity index (χ4n) is 2.67. The molecule has 0 saturated heterocycles. The molecule has 1 heteroatoms. The van der Waals surface area contributed by atoms with Crippen molar-refractivity contribution in [2.75, 3.05) is 7.05 Å². The Labute approximate surface area is 96.4 Å².